The smallest absolute Gasteiger partial charge is 0.276 e. The van der Waals surface area contributed by atoms with Crippen molar-refractivity contribution in [3.63, 3.8) is 0 Å². The summed E-state index contributed by atoms with van der Waals surface area (Å²) in [5.74, 6) is -0.891. The Morgan fingerprint density at radius 2 is 1.63 bits per heavy atom. The van der Waals surface area contributed by atoms with Gasteiger partial charge in [0.1, 0.15) is 5.75 Å². The number of benzene rings is 2. The third kappa shape index (κ3) is 6.58. The summed E-state index contributed by atoms with van der Waals surface area (Å²) in [7, 11) is -2.55. The molecule has 2 aromatic rings. The fraction of sp³-hybridized carbons (Fsp3) is 0.250. The Labute approximate surface area is 175 Å². The number of carbonyl (C=O) groups excluding carboxylic acids is 2. The predicted octanol–water partition coefficient (Wildman–Crippen LogP) is 0.908. The molecule has 2 aromatic carbocycles. The molecule has 0 saturated heterocycles. The maximum absolute atomic E-state index is 12.5. The fourth-order valence-corrected chi connectivity index (χ4v) is 3.46. The number of nitrogens with one attached hydrogen (secondary N) is 2. The molecular weight excluding hydrogens is 408 g/mol. The molecule has 2 amide bonds. The van der Waals surface area contributed by atoms with Gasteiger partial charge in [0, 0.05) is 7.05 Å². The van der Waals surface area contributed by atoms with Crippen LogP contribution in [0.4, 0.5) is 0 Å². The van der Waals surface area contributed by atoms with Gasteiger partial charge in [-0.05, 0) is 36.8 Å². The largest absolute Gasteiger partial charge is 0.484 e. The number of sulfonamides is 1. The van der Waals surface area contributed by atoms with Gasteiger partial charge in [0.05, 0.1) is 23.9 Å². The third-order valence-corrected chi connectivity index (χ3v) is 5.83. The van der Waals surface area contributed by atoms with Crippen LogP contribution in [0.15, 0.2) is 53.4 Å². The first-order chi connectivity index (χ1) is 14.2. The van der Waals surface area contributed by atoms with E-state index in [-0.39, 0.29) is 17.9 Å². The van der Waals surface area contributed by atoms with Crippen LogP contribution >= 0.6 is 0 Å². The lowest BCUT2D eigenvalue weighted by atomic mass is 10.2. The SMILES string of the molecule is Cc1ccc(S(=O)(=O)N(C)CC(=O)NNC(=O)COc2ccc(CC#N)cc2)cc1. The zero-order chi connectivity index (χ0) is 22.1. The molecule has 0 saturated carbocycles. The van der Waals surface area contributed by atoms with Crippen molar-refractivity contribution in [1.82, 2.24) is 15.2 Å². The first-order valence-electron chi connectivity index (χ1n) is 8.92. The predicted molar refractivity (Wildman–Crippen MR) is 109 cm³/mol. The molecule has 0 heterocycles. The minimum absolute atomic E-state index is 0.0709. The third-order valence-electron chi connectivity index (χ3n) is 4.01. The highest BCUT2D eigenvalue weighted by Gasteiger charge is 2.23. The molecule has 0 aliphatic rings. The highest BCUT2D eigenvalue weighted by Crippen LogP contribution is 2.14. The number of ether oxygens (including phenoxy) is 1. The maximum atomic E-state index is 12.5. The van der Waals surface area contributed by atoms with E-state index in [2.05, 4.69) is 10.9 Å². The van der Waals surface area contributed by atoms with E-state index in [0.29, 0.717) is 5.75 Å². The number of hydrogen-bond donors (Lipinski definition) is 2. The summed E-state index contributed by atoms with van der Waals surface area (Å²) < 4.78 is 31.1. The normalized spacial score (nSPS) is 10.9. The first kappa shape index (κ1) is 22.9. The average molecular weight is 430 g/mol. The number of aryl methyl sites for hydroxylation is 1. The Balaban J connectivity index is 1.78. The first-order valence-corrected chi connectivity index (χ1v) is 10.4. The molecule has 0 bridgehead atoms. The van der Waals surface area contributed by atoms with E-state index in [4.69, 9.17) is 10.00 Å². The molecule has 0 aliphatic heterocycles. The minimum Gasteiger partial charge on any atom is -0.484 e. The second-order valence-corrected chi connectivity index (χ2v) is 8.48. The number of hydrogen-bond acceptors (Lipinski definition) is 6. The van der Waals surface area contributed by atoms with Gasteiger partial charge in [0.15, 0.2) is 6.61 Å². The Bertz CT molecular complexity index is 1030. The van der Waals surface area contributed by atoms with Gasteiger partial charge in [-0.3, -0.25) is 20.4 Å². The number of rotatable bonds is 8. The number of nitriles is 1. The van der Waals surface area contributed by atoms with E-state index >= 15 is 0 Å². The van der Waals surface area contributed by atoms with Gasteiger partial charge < -0.3 is 4.74 Å². The Hall–Kier alpha value is -3.42. The summed E-state index contributed by atoms with van der Waals surface area (Å²) >= 11 is 0. The summed E-state index contributed by atoms with van der Waals surface area (Å²) in [6.07, 6.45) is 0.279. The number of amides is 2. The van der Waals surface area contributed by atoms with E-state index < -0.39 is 28.4 Å². The van der Waals surface area contributed by atoms with Crippen molar-refractivity contribution in [3.05, 3.63) is 59.7 Å². The molecule has 30 heavy (non-hydrogen) atoms. The van der Waals surface area contributed by atoms with Gasteiger partial charge in [0.2, 0.25) is 10.0 Å². The number of carbonyl (C=O) groups is 2. The molecule has 158 valence electrons. The standard InChI is InChI=1S/C20H22N4O5S/c1-15-3-9-18(10-4-15)30(27,28)24(2)13-19(25)22-23-20(26)14-29-17-7-5-16(6-8-17)11-12-21/h3-10H,11,13-14H2,1-2H3,(H,22,25)(H,23,26). The molecule has 0 unspecified atom stereocenters. The number of hydrazine groups is 1. The summed E-state index contributed by atoms with van der Waals surface area (Å²) in [5, 5.41) is 8.63. The van der Waals surface area contributed by atoms with Crippen LogP contribution in [0.3, 0.4) is 0 Å². The van der Waals surface area contributed by atoms with Crippen LogP contribution < -0.4 is 15.6 Å². The van der Waals surface area contributed by atoms with Crippen molar-refractivity contribution in [2.75, 3.05) is 20.2 Å². The molecule has 0 aliphatic carbocycles. The average Bonchev–Trinajstić information content (AvgIpc) is 2.72. The van der Waals surface area contributed by atoms with Crippen LogP contribution in [0.5, 0.6) is 5.75 Å². The van der Waals surface area contributed by atoms with Crippen LogP contribution in [-0.4, -0.2) is 44.7 Å². The van der Waals surface area contributed by atoms with Crippen LogP contribution in [0.2, 0.25) is 0 Å². The summed E-state index contributed by atoms with van der Waals surface area (Å²) in [4.78, 5) is 23.8. The van der Waals surface area contributed by atoms with Crippen molar-refractivity contribution < 1.29 is 22.7 Å². The summed E-state index contributed by atoms with van der Waals surface area (Å²) in [6.45, 7) is 1.01. The van der Waals surface area contributed by atoms with Crippen molar-refractivity contribution >= 4 is 21.8 Å². The molecule has 2 rings (SSSR count). The van der Waals surface area contributed by atoms with E-state index in [9.17, 15) is 18.0 Å². The van der Waals surface area contributed by atoms with Gasteiger partial charge in [-0.25, -0.2) is 8.42 Å². The van der Waals surface area contributed by atoms with E-state index in [0.717, 1.165) is 15.4 Å². The minimum atomic E-state index is -3.83. The van der Waals surface area contributed by atoms with E-state index in [1.807, 2.05) is 13.0 Å². The Morgan fingerprint density at radius 3 is 2.23 bits per heavy atom. The second-order valence-electron chi connectivity index (χ2n) is 6.44. The van der Waals surface area contributed by atoms with Gasteiger partial charge in [-0.2, -0.15) is 9.57 Å². The zero-order valence-corrected chi connectivity index (χ0v) is 17.4. The fourth-order valence-electron chi connectivity index (χ4n) is 2.34. The summed E-state index contributed by atoms with van der Waals surface area (Å²) in [5.41, 5.74) is 6.05. The van der Waals surface area contributed by atoms with Crippen molar-refractivity contribution in [1.29, 1.82) is 5.26 Å². The lowest BCUT2D eigenvalue weighted by Crippen LogP contribution is -2.48. The molecule has 2 N–H and O–H groups in total. The van der Waals surface area contributed by atoms with Crippen molar-refractivity contribution in [2.24, 2.45) is 0 Å². The molecular formula is C20H22N4O5S. The number of nitrogens with zero attached hydrogens (tertiary/aromatic N) is 2. The Kier molecular flexibility index (Phi) is 7.91. The maximum Gasteiger partial charge on any atom is 0.276 e. The van der Waals surface area contributed by atoms with Gasteiger partial charge in [-0.1, -0.05) is 29.8 Å². The van der Waals surface area contributed by atoms with Crippen LogP contribution in [-0.2, 0) is 26.0 Å². The van der Waals surface area contributed by atoms with Gasteiger partial charge >= 0.3 is 0 Å². The topological polar surface area (TPSA) is 129 Å². The Morgan fingerprint density at radius 1 is 1.03 bits per heavy atom. The van der Waals surface area contributed by atoms with E-state index in [1.54, 1.807) is 36.4 Å². The number of likely N-dealkylation sites (N-methyl/N-ethyl adjacent to an activating group) is 1. The molecule has 9 nitrogen and oxygen atoms in total. The second kappa shape index (κ2) is 10.4. The van der Waals surface area contributed by atoms with Crippen LogP contribution in [0, 0.1) is 18.3 Å². The van der Waals surface area contributed by atoms with Gasteiger partial charge in [0.25, 0.3) is 11.8 Å². The molecule has 0 atom stereocenters. The van der Waals surface area contributed by atoms with Crippen LogP contribution in [0.25, 0.3) is 0 Å². The lowest BCUT2D eigenvalue weighted by molar-refractivity contribution is -0.130. The molecule has 0 aromatic heterocycles. The molecule has 0 fully saturated rings. The van der Waals surface area contributed by atoms with Crippen LogP contribution in [0.1, 0.15) is 11.1 Å². The summed E-state index contributed by atoms with van der Waals surface area (Å²) in [6, 6.07) is 15.0. The zero-order valence-electron chi connectivity index (χ0n) is 16.6. The van der Waals surface area contributed by atoms with Crippen molar-refractivity contribution in [2.45, 2.75) is 18.2 Å². The van der Waals surface area contributed by atoms with Crippen molar-refractivity contribution in [3.8, 4) is 11.8 Å². The van der Waals surface area contributed by atoms with Gasteiger partial charge in [-0.15, -0.1) is 0 Å². The van der Waals surface area contributed by atoms with E-state index in [1.165, 1.54) is 19.2 Å². The lowest BCUT2D eigenvalue weighted by Gasteiger charge is -2.17. The highest BCUT2D eigenvalue weighted by atomic mass is 32.2. The molecule has 0 radical (unpaired) electrons. The quantitative estimate of drug-likeness (QED) is 0.599. The highest BCUT2D eigenvalue weighted by molar-refractivity contribution is 7.89. The molecule has 10 heteroatoms. The monoisotopic (exact) mass is 430 g/mol. The molecule has 0 spiro atoms.